The van der Waals surface area contributed by atoms with Gasteiger partial charge in [0.15, 0.2) is 5.13 Å². The van der Waals surface area contributed by atoms with E-state index >= 15 is 0 Å². The van der Waals surface area contributed by atoms with Gasteiger partial charge in [-0.15, -0.1) is 11.3 Å². The molecule has 6 heteroatoms. The van der Waals surface area contributed by atoms with E-state index in [0.29, 0.717) is 16.6 Å². The number of thioether (sulfide) groups is 1. The Balaban J connectivity index is 1.67. The van der Waals surface area contributed by atoms with Gasteiger partial charge in [0.1, 0.15) is 0 Å². The summed E-state index contributed by atoms with van der Waals surface area (Å²) in [5, 5.41) is 12.9. The quantitative estimate of drug-likeness (QED) is 0.564. The van der Waals surface area contributed by atoms with Gasteiger partial charge in [0.2, 0.25) is 5.91 Å². The van der Waals surface area contributed by atoms with Crippen LogP contribution in [0.5, 0.6) is 0 Å². The van der Waals surface area contributed by atoms with Gasteiger partial charge in [-0.1, -0.05) is 48.0 Å². The van der Waals surface area contributed by atoms with Crippen molar-refractivity contribution >= 4 is 39.8 Å². The van der Waals surface area contributed by atoms with Crippen LogP contribution in [0.4, 0.5) is 10.8 Å². The number of carbonyl (C=O) groups is 1. The lowest BCUT2D eigenvalue weighted by molar-refractivity contribution is -0.115. The van der Waals surface area contributed by atoms with E-state index in [1.54, 1.807) is 23.6 Å². The Kier molecular flexibility index (Phi) is 6.88. The van der Waals surface area contributed by atoms with Crippen LogP contribution in [0.1, 0.15) is 35.4 Å². The van der Waals surface area contributed by atoms with Gasteiger partial charge in [0.25, 0.3) is 0 Å². The molecule has 0 aliphatic rings. The summed E-state index contributed by atoms with van der Waals surface area (Å²) in [6.45, 7) is 5.61. The highest BCUT2D eigenvalue weighted by atomic mass is 32.2. The molecule has 0 spiro atoms. The number of rotatable bonds is 7. The molecule has 0 radical (unpaired) electrons. The SMILES string of the molecule is CC(=O)N(c1nc(CSCC(O)c2ccccc2)cs1)c1ccc(C)cc1C. The Morgan fingerprint density at radius 3 is 2.64 bits per heavy atom. The number of aliphatic hydroxyl groups is 1. The third-order valence-electron chi connectivity index (χ3n) is 4.35. The molecule has 0 aliphatic carbocycles. The largest absolute Gasteiger partial charge is 0.388 e. The summed E-state index contributed by atoms with van der Waals surface area (Å²) in [6, 6.07) is 15.7. The summed E-state index contributed by atoms with van der Waals surface area (Å²) in [7, 11) is 0. The van der Waals surface area contributed by atoms with Gasteiger partial charge in [-0.3, -0.25) is 9.69 Å². The normalized spacial score (nSPS) is 12.0. The monoisotopic (exact) mass is 412 g/mol. The summed E-state index contributed by atoms with van der Waals surface area (Å²) < 4.78 is 0. The van der Waals surface area contributed by atoms with Crippen LogP contribution >= 0.6 is 23.1 Å². The fourth-order valence-corrected chi connectivity index (χ4v) is 4.85. The minimum Gasteiger partial charge on any atom is -0.388 e. The third-order valence-corrected chi connectivity index (χ3v) is 6.27. The molecule has 146 valence electrons. The molecular formula is C22H24N2O2S2. The first-order valence-corrected chi connectivity index (χ1v) is 11.1. The Labute approximate surface area is 174 Å². The summed E-state index contributed by atoms with van der Waals surface area (Å²) >= 11 is 3.10. The Bertz CT molecular complexity index is 941. The number of nitrogens with zero attached hydrogens (tertiary/aromatic N) is 2. The molecule has 1 atom stereocenters. The van der Waals surface area contributed by atoms with Crippen LogP contribution in [-0.2, 0) is 10.5 Å². The van der Waals surface area contributed by atoms with E-state index in [4.69, 9.17) is 0 Å². The molecule has 0 aliphatic heterocycles. The fraction of sp³-hybridized carbons (Fsp3) is 0.273. The molecule has 0 saturated carbocycles. The van der Waals surface area contributed by atoms with Crippen molar-refractivity contribution in [2.75, 3.05) is 10.7 Å². The molecule has 0 bridgehead atoms. The minimum atomic E-state index is -0.492. The zero-order valence-corrected chi connectivity index (χ0v) is 17.9. The van der Waals surface area contributed by atoms with Crippen LogP contribution in [0.15, 0.2) is 53.9 Å². The first-order valence-electron chi connectivity index (χ1n) is 9.09. The lowest BCUT2D eigenvalue weighted by Crippen LogP contribution is -2.23. The van der Waals surface area contributed by atoms with Crippen molar-refractivity contribution in [3.63, 3.8) is 0 Å². The smallest absolute Gasteiger partial charge is 0.230 e. The number of aromatic nitrogens is 1. The molecule has 2 aromatic carbocycles. The summed E-state index contributed by atoms with van der Waals surface area (Å²) in [4.78, 5) is 18.6. The number of carbonyl (C=O) groups excluding carboxylic acids is 1. The predicted molar refractivity (Wildman–Crippen MR) is 118 cm³/mol. The molecule has 1 heterocycles. The van der Waals surface area contributed by atoms with Crippen LogP contribution in [0.3, 0.4) is 0 Å². The number of anilines is 2. The molecule has 1 unspecified atom stereocenters. The number of aryl methyl sites for hydroxylation is 2. The predicted octanol–water partition coefficient (Wildman–Crippen LogP) is 5.41. The zero-order valence-electron chi connectivity index (χ0n) is 16.3. The first kappa shape index (κ1) is 20.6. The average Bonchev–Trinajstić information content (AvgIpc) is 3.12. The highest BCUT2D eigenvalue weighted by Gasteiger charge is 2.20. The third kappa shape index (κ3) is 5.01. The van der Waals surface area contributed by atoms with E-state index in [1.165, 1.54) is 11.3 Å². The maximum absolute atomic E-state index is 12.3. The number of aliphatic hydroxyl groups excluding tert-OH is 1. The Hall–Kier alpha value is -2.15. The molecule has 3 aromatic rings. The molecule has 4 nitrogen and oxygen atoms in total. The molecule has 1 aromatic heterocycles. The molecular weight excluding hydrogens is 388 g/mol. The lowest BCUT2D eigenvalue weighted by Gasteiger charge is -2.20. The van der Waals surface area contributed by atoms with Crippen LogP contribution in [0, 0.1) is 13.8 Å². The Morgan fingerprint density at radius 2 is 1.96 bits per heavy atom. The first-order chi connectivity index (χ1) is 13.5. The van der Waals surface area contributed by atoms with Gasteiger partial charge < -0.3 is 5.11 Å². The number of benzene rings is 2. The average molecular weight is 413 g/mol. The van der Waals surface area contributed by atoms with Crippen molar-refractivity contribution in [1.29, 1.82) is 0 Å². The Morgan fingerprint density at radius 1 is 1.21 bits per heavy atom. The van der Waals surface area contributed by atoms with Gasteiger partial charge in [-0.05, 0) is 31.0 Å². The number of thiazole rings is 1. The van der Waals surface area contributed by atoms with Crippen molar-refractivity contribution < 1.29 is 9.90 Å². The van der Waals surface area contributed by atoms with Crippen molar-refractivity contribution in [1.82, 2.24) is 4.98 Å². The highest BCUT2D eigenvalue weighted by Crippen LogP contribution is 2.32. The van der Waals surface area contributed by atoms with Gasteiger partial charge in [0.05, 0.1) is 17.5 Å². The minimum absolute atomic E-state index is 0.0556. The number of amides is 1. The second-order valence-electron chi connectivity index (χ2n) is 6.71. The second-order valence-corrected chi connectivity index (χ2v) is 8.57. The van der Waals surface area contributed by atoms with E-state index < -0.39 is 6.10 Å². The second kappa shape index (κ2) is 9.37. The van der Waals surface area contributed by atoms with Gasteiger partial charge in [0, 0.05) is 23.8 Å². The van der Waals surface area contributed by atoms with Crippen LogP contribution < -0.4 is 4.90 Å². The van der Waals surface area contributed by atoms with Crippen molar-refractivity contribution in [2.24, 2.45) is 0 Å². The van der Waals surface area contributed by atoms with Crippen LogP contribution in [0.25, 0.3) is 0 Å². The number of hydrogen-bond donors (Lipinski definition) is 1. The van der Waals surface area contributed by atoms with Gasteiger partial charge >= 0.3 is 0 Å². The molecule has 28 heavy (non-hydrogen) atoms. The molecule has 0 fully saturated rings. The van der Waals surface area contributed by atoms with Crippen molar-refractivity contribution in [3.8, 4) is 0 Å². The van der Waals surface area contributed by atoms with Gasteiger partial charge in [-0.25, -0.2) is 4.98 Å². The van der Waals surface area contributed by atoms with E-state index in [2.05, 4.69) is 11.1 Å². The van der Waals surface area contributed by atoms with Gasteiger partial charge in [-0.2, -0.15) is 11.8 Å². The topological polar surface area (TPSA) is 53.4 Å². The fourth-order valence-electron chi connectivity index (χ4n) is 2.98. The van der Waals surface area contributed by atoms with Crippen LogP contribution in [-0.4, -0.2) is 21.8 Å². The lowest BCUT2D eigenvalue weighted by atomic mass is 10.1. The maximum Gasteiger partial charge on any atom is 0.230 e. The van der Waals surface area contributed by atoms with E-state index in [0.717, 1.165) is 28.1 Å². The molecule has 1 N–H and O–H groups in total. The van der Waals surface area contributed by atoms with E-state index in [-0.39, 0.29) is 5.91 Å². The highest BCUT2D eigenvalue weighted by molar-refractivity contribution is 7.98. The summed E-state index contributed by atoms with van der Waals surface area (Å²) in [6.07, 6.45) is -0.492. The van der Waals surface area contributed by atoms with Crippen LogP contribution in [0.2, 0.25) is 0 Å². The van der Waals surface area contributed by atoms with E-state index in [1.807, 2.05) is 61.7 Å². The van der Waals surface area contributed by atoms with Crippen molar-refractivity contribution in [2.45, 2.75) is 32.6 Å². The van der Waals surface area contributed by atoms with E-state index in [9.17, 15) is 9.90 Å². The molecule has 3 rings (SSSR count). The zero-order chi connectivity index (χ0) is 20.1. The maximum atomic E-state index is 12.3. The summed E-state index contributed by atoms with van der Waals surface area (Å²) in [5.74, 6) is 1.24. The number of hydrogen-bond acceptors (Lipinski definition) is 5. The van der Waals surface area contributed by atoms with Crippen molar-refractivity contribution in [3.05, 3.63) is 76.3 Å². The molecule has 0 saturated heterocycles. The summed E-state index contributed by atoms with van der Waals surface area (Å²) in [5.41, 5.74) is 4.92. The standard InChI is InChI=1S/C22H24N2O2S2/c1-15-9-10-20(16(2)11-15)24(17(3)25)22-23-19(13-28-22)12-27-14-21(26)18-7-5-4-6-8-18/h4-11,13,21,26H,12,14H2,1-3H3. The molecule has 1 amide bonds.